The molecular formula is C15H19NO7. The summed E-state index contributed by atoms with van der Waals surface area (Å²) in [7, 11) is 0. The lowest BCUT2D eigenvalue weighted by molar-refractivity contribution is -0.385. The molecule has 0 aromatic heterocycles. The molecule has 0 unspecified atom stereocenters. The highest BCUT2D eigenvalue weighted by Gasteiger charge is 2.20. The molecule has 0 aliphatic heterocycles. The van der Waals surface area contributed by atoms with Crippen molar-refractivity contribution in [3.63, 3.8) is 0 Å². The van der Waals surface area contributed by atoms with E-state index in [1.807, 2.05) is 0 Å². The number of rotatable bonds is 7. The van der Waals surface area contributed by atoms with Crippen molar-refractivity contribution >= 4 is 17.6 Å². The summed E-state index contributed by atoms with van der Waals surface area (Å²) >= 11 is 0. The van der Waals surface area contributed by atoms with Gasteiger partial charge in [0.1, 0.15) is 11.4 Å². The SMILES string of the molecule is CC(C)(C)OC(=O)Cc1ccc([N+](=O)[O-])cc1OCCC(=O)O. The number of carbonyl (C=O) groups excluding carboxylic acids is 1. The van der Waals surface area contributed by atoms with E-state index >= 15 is 0 Å². The normalized spacial score (nSPS) is 10.9. The van der Waals surface area contributed by atoms with Crippen LogP contribution in [-0.2, 0) is 20.7 Å². The van der Waals surface area contributed by atoms with Crippen LogP contribution in [0.3, 0.4) is 0 Å². The van der Waals surface area contributed by atoms with Crippen LogP contribution in [0, 0.1) is 10.1 Å². The van der Waals surface area contributed by atoms with E-state index in [0.717, 1.165) is 0 Å². The van der Waals surface area contributed by atoms with Crippen LogP contribution in [0.2, 0.25) is 0 Å². The Bertz CT molecular complexity index is 604. The molecule has 126 valence electrons. The number of non-ortho nitro benzene ring substituents is 1. The topological polar surface area (TPSA) is 116 Å². The lowest BCUT2D eigenvalue weighted by Crippen LogP contribution is -2.25. The summed E-state index contributed by atoms with van der Waals surface area (Å²) in [6.45, 7) is 5.03. The summed E-state index contributed by atoms with van der Waals surface area (Å²) in [5, 5.41) is 19.4. The molecule has 0 spiro atoms. The molecule has 0 amide bonds. The molecule has 8 nitrogen and oxygen atoms in total. The van der Waals surface area contributed by atoms with Gasteiger partial charge in [-0.3, -0.25) is 19.7 Å². The lowest BCUT2D eigenvalue weighted by Gasteiger charge is -2.20. The minimum absolute atomic E-state index is 0.103. The summed E-state index contributed by atoms with van der Waals surface area (Å²) in [6.07, 6.45) is -0.383. The average molecular weight is 325 g/mol. The van der Waals surface area contributed by atoms with Gasteiger partial charge in [-0.2, -0.15) is 0 Å². The fourth-order valence-corrected chi connectivity index (χ4v) is 1.72. The van der Waals surface area contributed by atoms with Crippen molar-refractivity contribution in [2.75, 3.05) is 6.61 Å². The van der Waals surface area contributed by atoms with Crippen LogP contribution in [0.5, 0.6) is 5.75 Å². The number of esters is 1. The number of hydrogen-bond acceptors (Lipinski definition) is 6. The average Bonchev–Trinajstić information content (AvgIpc) is 2.37. The molecule has 0 fully saturated rings. The highest BCUT2D eigenvalue weighted by atomic mass is 16.6. The molecule has 0 heterocycles. The van der Waals surface area contributed by atoms with Gasteiger partial charge in [-0.15, -0.1) is 0 Å². The van der Waals surface area contributed by atoms with Crippen molar-refractivity contribution in [2.24, 2.45) is 0 Å². The van der Waals surface area contributed by atoms with E-state index in [4.69, 9.17) is 14.6 Å². The van der Waals surface area contributed by atoms with Crippen LogP contribution in [0.4, 0.5) is 5.69 Å². The largest absolute Gasteiger partial charge is 0.492 e. The number of nitro groups is 1. The lowest BCUT2D eigenvalue weighted by atomic mass is 10.1. The second-order valence-electron chi connectivity index (χ2n) is 5.80. The smallest absolute Gasteiger partial charge is 0.310 e. The Balaban J connectivity index is 2.93. The second-order valence-corrected chi connectivity index (χ2v) is 5.80. The highest BCUT2D eigenvalue weighted by molar-refractivity contribution is 5.74. The van der Waals surface area contributed by atoms with Crippen molar-refractivity contribution in [3.8, 4) is 5.75 Å². The Morgan fingerprint density at radius 2 is 1.96 bits per heavy atom. The van der Waals surface area contributed by atoms with Gasteiger partial charge in [0.05, 0.1) is 30.4 Å². The van der Waals surface area contributed by atoms with E-state index in [-0.39, 0.29) is 30.9 Å². The molecule has 0 saturated heterocycles. The third-order valence-corrected chi connectivity index (χ3v) is 2.59. The first-order valence-corrected chi connectivity index (χ1v) is 6.92. The zero-order valence-corrected chi connectivity index (χ0v) is 13.2. The van der Waals surface area contributed by atoms with Gasteiger partial charge in [0.2, 0.25) is 0 Å². The predicted octanol–water partition coefficient (Wildman–Crippen LogP) is 2.33. The van der Waals surface area contributed by atoms with Crippen LogP contribution in [0.25, 0.3) is 0 Å². The fourth-order valence-electron chi connectivity index (χ4n) is 1.72. The Hall–Kier alpha value is -2.64. The maximum Gasteiger partial charge on any atom is 0.310 e. The van der Waals surface area contributed by atoms with E-state index < -0.39 is 22.5 Å². The first-order valence-electron chi connectivity index (χ1n) is 6.92. The summed E-state index contributed by atoms with van der Waals surface area (Å²) in [4.78, 5) is 32.6. The molecular weight excluding hydrogens is 306 g/mol. The maximum absolute atomic E-state index is 11.9. The van der Waals surface area contributed by atoms with E-state index in [1.54, 1.807) is 20.8 Å². The van der Waals surface area contributed by atoms with Crippen molar-refractivity contribution < 1.29 is 29.1 Å². The maximum atomic E-state index is 11.9. The van der Waals surface area contributed by atoms with E-state index in [1.165, 1.54) is 18.2 Å². The van der Waals surface area contributed by atoms with Gasteiger partial charge < -0.3 is 14.6 Å². The van der Waals surface area contributed by atoms with Crippen molar-refractivity contribution in [2.45, 2.75) is 39.2 Å². The molecule has 0 saturated carbocycles. The minimum atomic E-state index is -1.05. The number of carboxylic acids is 1. The Labute approximate surface area is 133 Å². The number of nitrogens with zero attached hydrogens (tertiary/aromatic N) is 1. The molecule has 0 aliphatic rings. The zero-order chi connectivity index (χ0) is 17.6. The predicted molar refractivity (Wildman–Crippen MR) is 80.4 cm³/mol. The summed E-state index contributed by atoms with van der Waals surface area (Å²) in [5.74, 6) is -1.45. The standard InChI is InChI=1S/C15H19NO7/c1-15(2,3)23-14(19)8-10-4-5-11(16(20)21)9-12(10)22-7-6-13(17)18/h4-5,9H,6-8H2,1-3H3,(H,17,18). The molecule has 0 radical (unpaired) electrons. The Morgan fingerprint density at radius 1 is 1.30 bits per heavy atom. The zero-order valence-electron chi connectivity index (χ0n) is 13.2. The molecule has 1 N–H and O–H groups in total. The van der Waals surface area contributed by atoms with E-state index in [9.17, 15) is 19.7 Å². The first kappa shape index (κ1) is 18.4. The van der Waals surface area contributed by atoms with Gasteiger partial charge in [-0.1, -0.05) is 0 Å². The summed E-state index contributed by atoms with van der Waals surface area (Å²) in [6, 6.07) is 3.82. The molecule has 8 heteroatoms. The molecule has 1 rings (SSSR count). The van der Waals surface area contributed by atoms with Crippen LogP contribution in [-0.4, -0.2) is 34.2 Å². The molecule has 23 heavy (non-hydrogen) atoms. The van der Waals surface area contributed by atoms with Gasteiger partial charge in [-0.05, 0) is 26.8 Å². The number of benzene rings is 1. The summed E-state index contributed by atoms with van der Waals surface area (Å²) < 4.78 is 10.5. The Kier molecular flexibility index (Phi) is 6.06. The Morgan fingerprint density at radius 3 is 2.48 bits per heavy atom. The molecule has 1 aromatic rings. The van der Waals surface area contributed by atoms with Crippen LogP contribution < -0.4 is 4.74 Å². The van der Waals surface area contributed by atoms with Crippen LogP contribution in [0.15, 0.2) is 18.2 Å². The molecule has 0 atom stereocenters. The second kappa shape index (κ2) is 7.57. The van der Waals surface area contributed by atoms with Gasteiger partial charge in [0.25, 0.3) is 5.69 Å². The van der Waals surface area contributed by atoms with Crippen LogP contribution in [0.1, 0.15) is 32.8 Å². The third-order valence-electron chi connectivity index (χ3n) is 2.59. The molecule has 0 aliphatic carbocycles. The van der Waals surface area contributed by atoms with Gasteiger partial charge in [-0.25, -0.2) is 0 Å². The third kappa shape index (κ3) is 6.77. The highest BCUT2D eigenvalue weighted by Crippen LogP contribution is 2.26. The van der Waals surface area contributed by atoms with Gasteiger partial charge in [0.15, 0.2) is 0 Å². The van der Waals surface area contributed by atoms with Crippen molar-refractivity contribution in [3.05, 3.63) is 33.9 Å². The number of nitro benzene ring substituents is 1. The number of aliphatic carboxylic acids is 1. The molecule has 1 aromatic carbocycles. The molecule has 0 bridgehead atoms. The van der Waals surface area contributed by atoms with Gasteiger partial charge >= 0.3 is 11.9 Å². The van der Waals surface area contributed by atoms with Crippen molar-refractivity contribution in [1.29, 1.82) is 0 Å². The van der Waals surface area contributed by atoms with E-state index in [0.29, 0.717) is 5.56 Å². The number of carboxylic acid groups (broad SMARTS) is 1. The monoisotopic (exact) mass is 325 g/mol. The van der Waals surface area contributed by atoms with Crippen molar-refractivity contribution in [1.82, 2.24) is 0 Å². The number of hydrogen-bond donors (Lipinski definition) is 1. The summed E-state index contributed by atoms with van der Waals surface area (Å²) in [5.41, 5.74) is -0.458. The number of ether oxygens (including phenoxy) is 2. The first-order chi connectivity index (χ1) is 10.6. The van der Waals surface area contributed by atoms with E-state index in [2.05, 4.69) is 0 Å². The minimum Gasteiger partial charge on any atom is -0.492 e. The van der Waals surface area contributed by atoms with Crippen LogP contribution >= 0.6 is 0 Å². The number of carbonyl (C=O) groups is 2. The quantitative estimate of drug-likeness (QED) is 0.464. The van der Waals surface area contributed by atoms with Gasteiger partial charge in [0, 0.05) is 11.6 Å². The fraction of sp³-hybridized carbons (Fsp3) is 0.467.